The van der Waals surface area contributed by atoms with Crippen molar-refractivity contribution in [2.75, 3.05) is 32.8 Å². The Labute approximate surface area is 176 Å². The third kappa shape index (κ3) is 4.98. The molecular formula is C21H32N4O3S. The van der Waals surface area contributed by atoms with E-state index >= 15 is 0 Å². The lowest BCUT2D eigenvalue weighted by atomic mass is 9.99. The molecule has 2 fully saturated rings. The molecule has 2 N–H and O–H groups in total. The van der Waals surface area contributed by atoms with Gasteiger partial charge in [0, 0.05) is 68.9 Å². The second-order valence-electron chi connectivity index (χ2n) is 8.78. The van der Waals surface area contributed by atoms with Gasteiger partial charge in [-0.25, -0.2) is 4.98 Å². The Bertz CT molecular complexity index is 746. The largest absolute Gasteiger partial charge is 0.381 e. The van der Waals surface area contributed by atoms with Gasteiger partial charge >= 0.3 is 0 Å². The smallest absolute Gasteiger partial charge is 0.224 e. The van der Waals surface area contributed by atoms with E-state index in [0.717, 1.165) is 57.7 Å². The topological polar surface area (TPSA) is 88.8 Å². The quantitative estimate of drug-likeness (QED) is 0.786. The van der Waals surface area contributed by atoms with Gasteiger partial charge in [-0.1, -0.05) is 6.92 Å². The molecule has 0 saturated carbocycles. The summed E-state index contributed by atoms with van der Waals surface area (Å²) in [4.78, 5) is 34.8. The zero-order valence-electron chi connectivity index (χ0n) is 17.3. The predicted octanol–water partition coefficient (Wildman–Crippen LogP) is 1.90. The number of nitrogens with two attached hydrogens (primary N) is 1. The summed E-state index contributed by atoms with van der Waals surface area (Å²) in [5, 5.41) is 1.21. The van der Waals surface area contributed by atoms with Gasteiger partial charge in [0.25, 0.3) is 0 Å². The first-order chi connectivity index (χ1) is 14.0. The zero-order chi connectivity index (χ0) is 20.4. The van der Waals surface area contributed by atoms with Gasteiger partial charge < -0.3 is 20.3 Å². The molecule has 2 amide bonds. The number of hydrogen-bond donors (Lipinski definition) is 1. The van der Waals surface area contributed by atoms with Crippen LogP contribution in [0.4, 0.5) is 0 Å². The molecule has 0 aromatic carbocycles. The average molecular weight is 421 g/mol. The highest BCUT2D eigenvalue weighted by Gasteiger charge is 2.29. The molecule has 1 aromatic heterocycles. The first-order valence-corrected chi connectivity index (χ1v) is 11.7. The van der Waals surface area contributed by atoms with Crippen molar-refractivity contribution in [3.63, 3.8) is 0 Å². The molecule has 29 heavy (non-hydrogen) atoms. The first-order valence-electron chi connectivity index (χ1n) is 10.9. The van der Waals surface area contributed by atoms with Crippen LogP contribution in [0.15, 0.2) is 0 Å². The number of nitrogens with zero attached hydrogens (tertiary/aromatic N) is 3. The molecule has 0 aliphatic carbocycles. The summed E-state index contributed by atoms with van der Waals surface area (Å²) in [5.41, 5.74) is 7.31. The van der Waals surface area contributed by atoms with Crippen molar-refractivity contribution in [2.24, 2.45) is 11.7 Å². The molecule has 160 valence electrons. The Kier molecular flexibility index (Phi) is 6.51. The molecule has 2 saturated heterocycles. The van der Waals surface area contributed by atoms with Crippen LogP contribution in [0.25, 0.3) is 0 Å². The zero-order valence-corrected chi connectivity index (χ0v) is 18.1. The third-order valence-corrected chi connectivity index (χ3v) is 7.61. The van der Waals surface area contributed by atoms with E-state index in [1.165, 1.54) is 9.88 Å². The van der Waals surface area contributed by atoms with Crippen LogP contribution in [0.1, 0.15) is 60.5 Å². The van der Waals surface area contributed by atoms with Gasteiger partial charge in [0.15, 0.2) is 0 Å². The van der Waals surface area contributed by atoms with Crippen LogP contribution in [0, 0.1) is 5.92 Å². The third-order valence-electron chi connectivity index (χ3n) is 6.29. The van der Waals surface area contributed by atoms with E-state index < -0.39 is 0 Å². The molecule has 0 spiro atoms. The van der Waals surface area contributed by atoms with Crippen molar-refractivity contribution >= 4 is 23.2 Å². The maximum absolute atomic E-state index is 12.8. The Morgan fingerprint density at radius 1 is 1.31 bits per heavy atom. The van der Waals surface area contributed by atoms with E-state index in [1.807, 2.05) is 21.1 Å². The lowest BCUT2D eigenvalue weighted by Crippen LogP contribution is -2.47. The molecule has 0 radical (unpaired) electrons. The molecule has 4 heterocycles. The molecule has 1 aromatic rings. The fraction of sp³-hybridized carbons (Fsp3) is 0.762. The lowest BCUT2D eigenvalue weighted by molar-refractivity contribution is -0.136. The Hall–Kier alpha value is -1.51. The second kappa shape index (κ2) is 9.10. The number of amides is 2. The predicted molar refractivity (Wildman–Crippen MR) is 112 cm³/mol. The van der Waals surface area contributed by atoms with Crippen molar-refractivity contribution in [2.45, 2.75) is 64.0 Å². The highest BCUT2D eigenvalue weighted by molar-refractivity contribution is 7.11. The number of thiazole rings is 1. The van der Waals surface area contributed by atoms with Crippen LogP contribution in [0.2, 0.25) is 0 Å². The molecule has 4 rings (SSSR count). The van der Waals surface area contributed by atoms with Gasteiger partial charge in [-0.3, -0.25) is 9.59 Å². The van der Waals surface area contributed by atoms with Crippen LogP contribution in [0.3, 0.4) is 0 Å². The first kappa shape index (κ1) is 20.8. The number of fused-ring (bicyclic) bond motifs is 1. The van der Waals surface area contributed by atoms with Crippen molar-refractivity contribution < 1.29 is 14.3 Å². The van der Waals surface area contributed by atoms with Crippen molar-refractivity contribution in [1.29, 1.82) is 0 Å². The Morgan fingerprint density at radius 2 is 2.10 bits per heavy atom. The number of aromatic nitrogens is 1. The minimum Gasteiger partial charge on any atom is -0.381 e. The van der Waals surface area contributed by atoms with Gasteiger partial charge in [-0.2, -0.15) is 0 Å². The maximum Gasteiger partial charge on any atom is 0.224 e. The van der Waals surface area contributed by atoms with E-state index in [2.05, 4.69) is 6.92 Å². The number of likely N-dealkylation sites (tertiary alicyclic amines) is 1. The van der Waals surface area contributed by atoms with Gasteiger partial charge in [0.1, 0.15) is 0 Å². The summed E-state index contributed by atoms with van der Waals surface area (Å²) < 4.78 is 5.46. The molecule has 3 aliphatic heterocycles. The van der Waals surface area contributed by atoms with E-state index in [4.69, 9.17) is 15.5 Å². The van der Waals surface area contributed by atoms with Crippen molar-refractivity contribution in [3.05, 3.63) is 15.6 Å². The summed E-state index contributed by atoms with van der Waals surface area (Å²) in [6, 6.07) is -0.314. The van der Waals surface area contributed by atoms with Crippen LogP contribution >= 0.6 is 11.3 Å². The fourth-order valence-corrected chi connectivity index (χ4v) is 5.76. The summed E-state index contributed by atoms with van der Waals surface area (Å²) in [7, 11) is 0. The van der Waals surface area contributed by atoms with Crippen molar-refractivity contribution in [3.8, 4) is 0 Å². The van der Waals surface area contributed by atoms with E-state index in [-0.39, 0.29) is 24.3 Å². The minimum absolute atomic E-state index is 0.0706. The van der Waals surface area contributed by atoms with Gasteiger partial charge in [-0.05, 0) is 25.2 Å². The molecule has 8 heteroatoms. The van der Waals surface area contributed by atoms with E-state index in [9.17, 15) is 9.59 Å². The summed E-state index contributed by atoms with van der Waals surface area (Å²) in [5.74, 6) is 1.24. The number of carbonyl (C=O) groups excluding carboxylic acids is 2. The minimum atomic E-state index is -0.314. The highest BCUT2D eigenvalue weighted by Crippen LogP contribution is 2.34. The van der Waals surface area contributed by atoms with Crippen LogP contribution in [-0.2, 0) is 27.3 Å². The molecular weight excluding hydrogens is 388 g/mol. The monoisotopic (exact) mass is 420 g/mol. The molecule has 2 atom stereocenters. The lowest BCUT2D eigenvalue weighted by Gasteiger charge is -2.33. The molecule has 0 unspecified atom stereocenters. The molecule has 0 bridgehead atoms. The van der Waals surface area contributed by atoms with Crippen LogP contribution in [0.5, 0.6) is 0 Å². The summed E-state index contributed by atoms with van der Waals surface area (Å²) >= 11 is 1.82. The number of ether oxygens (including phenoxy) is 1. The maximum atomic E-state index is 12.8. The normalized spacial score (nSPS) is 24.5. The number of carbonyl (C=O) groups is 2. The standard InChI is InChI=1S/C21H32N4O3S/c1-14-2-3-19(26)25(11-14)12-16(22)10-20(27)24-7-4-18-17(13-24)23-21(29-18)15-5-8-28-9-6-15/h14-16H,2-13,22H2,1H3/t14-,16+/m1/s1. The summed E-state index contributed by atoms with van der Waals surface area (Å²) in [6.07, 6.45) is 4.78. The SMILES string of the molecule is C[C@@H]1CCC(=O)N(C[C@@H](N)CC(=O)N2CCc3sc(C4CCOCC4)nc3C2)C1. The Balaban J connectivity index is 1.31. The van der Waals surface area contributed by atoms with Gasteiger partial charge in [0.05, 0.1) is 17.2 Å². The van der Waals surface area contributed by atoms with E-state index in [1.54, 1.807) is 0 Å². The number of hydrogen-bond acceptors (Lipinski definition) is 6. The van der Waals surface area contributed by atoms with Crippen molar-refractivity contribution in [1.82, 2.24) is 14.8 Å². The Morgan fingerprint density at radius 3 is 2.90 bits per heavy atom. The van der Waals surface area contributed by atoms with Crippen LogP contribution < -0.4 is 5.73 Å². The summed E-state index contributed by atoms with van der Waals surface area (Å²) in [6.45, 7) is 6.32. The average Bonchev–Trinajstić information content (AvgIpc) is 3.14. The fourth-order valence-electron chi connectivity index (χ4n) is 4.53. The van der Waals surface area contributed by atoms with Crippen LogP contribution in [-0.4, -0.2) is 65.5 Å². The number of piperidine rings is 1. The molecule has 3 aliphatic rings. The van der Waals surface area contributed by atoms with Gasteiger partial charge in [0.2, 0.25) is 11.8 Å². The highest BCUT2D eigenvalue weighted by atomic mass is 32.1. The second-order valence-corrected chi connectivity index (χ2v) is 9.90. The molecule has 7 nitrogen and oxygen atoms in total. The number of rotatable bonds is 5. The van der Waals surface area contributed by atoms with E-state index in [0.29, 0.717) is 31.3 Å². The van der Waals surface area contributed by atoms with Gasteiger partial charge in [-0.15, -0.1) is 11.3 Å².